The van der Waals surface area contributed by atoms with E-state index in [9.17, 15) is 0 Å². The second-order valence-corrected chi connectivity index (χ2v) is 13.3. The minimum Gasteiger partial charge on any atom is -0.390 e. The van der Waals surface area contributed by atoms with Crippen LogP contribution in [0.3, 0.4) is 0 Å². The number of halogens is 5. The van der Waals surface area contributed by atoms with Gasteiger partial charge in [0.2, 0.25) is 0 Å². The summed E-state index contributed by atoms with van der Waals surface area (Å²) in [6.07, 6.45) is 0. The Morgan fingerprint density at radius 2 is 0.942 bits per heavy atom. The Balaban J connectivity index is 0.000000325. The van der Waals surface area contributed by atoms with Crippen molar-refractivity contribution in [2.75, 3.05) is 0 Å². The first-order valence-corrected chi connectivity index (χ1v) is 18.8. The first kappa shape index (κ1) is 45.8. The first-order valence-electron chi connectivity index (χ1n) is 14.1. The predicted octanol–water partition coefficient (Wildman–Crippen LogP) is 4.83. The van der Waals surface area contributed by atoms with Gasteiger partial charge in [0.25, 0.3) is 0 Å². The molecule has 272 valence electrons. The number of aliphatic hydroxyl groups excluding tert-OH is 2. The molecule has 0 unspecified atom stereocenters. The molecule has 0 aliphatic carbocycles. The fourth-order valence-corrected chi connectivity index (χ4v) is 6.28. The van der Waals surface area contributed by atoms with Crippen molar-refractivity contribution in [3.63, 3.8) is 0 Å². The van der Waals surface area contributed by atoms with E-state index in [-0.39, 0.29) is 13.2 Å². The topological polar surface area (TPSA) is 249 Å². The molecule has 5 rings (SSSR count). The maximum atomic E-state index is 8.74. The first-order chi connectivity index (χ1) is 24.6. The minimum atomic E-state index is -0.157. The van der Waals surface area contributed by atoms with Crippen LogP contribution in [0.2, 0.25) is 0 Å². The summed E-state index contributed by atoms with van der Waals surface area (Å²) in [4.78, 5) is 0. The fraction of sp³-hybridized carbons (Fsp3) is 0.333. The minimum absolute atomic E-state index is 0.116. The maximum absolute atomic E-state index is 8.74. The molecule has 0 fully saturated rings. The predicted molar refractivity (Wildman–Crippen MR) is 205 cm³/mol. The van der Waals surface area contributed by atoms with Crippen LogP contribution in [-0.2, 0) is 59.1 Å². The maximum Gasteiger partial charge on any atom is 0.152 e. The normalized spacial score (nSPS) is 9.46. The zero-order chi connectivity index (χ0) is 39.7. The number of hydrogen-bond donors (Lipinski definition) is 2. The SMILES string of the molecule is Cc1nn(C)c(C#N)c1Br.Cn1nc(CBr)c(Br)c1C#N.Cn1nc(CBr)cc1C#N.Cn1nc(CO)c(Br)c1C#N.Cn1nc(CO)cc1C#N. The van der Waals surface area contributed by atoms with Crippen LogP contribution in [0.15, 0.2) is 25.6 Å². The summed E-state index contributed by atoms with van der Waals surface area (Å²) in [5.41, 5.74) is 6.20. The monoisotopic (exact) mass is 1030 g/mol. The summed E-state index contributed by atoms with van der Waals surface area (Å²) < 4.78 is 9.68. The summed E-state index contributed by atoms with van der Waals surface area (Å²) in [7, 11) is 8.57. The van der Waals surface area contributed by atoms with Gasteiger partial charge in [0.1, 0.15) is 47.4 Å². The summed E-state index contributed by atoms with van der Waals surface area (Å²) in [6.45, 7) is 1.58. The third kappa shape index (κ3) is 12.5. The van der Waals surface area contributed by atoms with Crippen LogP contribution in [0, 0.1) is 63.6 Å². The number of nitrogens with zero attached hydrogens (tertiary/aromatic N) is 15. The lowest BCUT2D eigenvalue weighted by Crippen LogP contribution is -1.94. The van der Waals surface area contributed by atoms with Crippen molar-refractivity contribution in [2.45, 2.75) is 30.8 Å². The third-order valence-electron chi connectivity index (χ3n) is 6.24. The van der Waals surface area contributed by atoms with E-state index in [1.54, 1.807) is 61.4 Å². The molecule has 5 aromatic heterocycles. The second-order valence-electron chi connectivity index (χ2n) is 9.77. The molecule has 17 nitrogen and oxygen atoms in total. The Bertz CT molecular complexity index is 2050. The molecule has 22 heteroatoms. The number of alkyl halides is 2. The molecule has 0 atom stereocenters. The summed E-state index contributed by atoms with van der Waals surface area (Å²) in [6, 6.07) is 13.3. The van der Waals surface area contributed by atoms with Gasteiger partial charge in [-0.25, -0.2) is 0 Å². The van der Waals surface area contributed by atoms with Gasteiger partial charge in [-0.15, -0.1) is 0 Å². The number of aliphatic hydroxyl groups is 2. The largest absolute Gasteiger partial charge is 0.390 e. The van der Waals surface area contributed by atoms with Crippen LogP contribution in [0.25, 0.3) is 0 Å². The molecule has 0 radical (unpaired) electrons. The van der Waals surface area contributed by atoms with Crippen molar-refractivity contribution in [1.82, 2.24) is 48.9 Å². The van der Waals surface area contributed by atoms with Gasteiger partial charge in [-0.2, -0.15) is 51.8 Å². The van der Waals surface area contributed by atoms with E-state index in [0.717, 1.165) is 26.0 Å². The summed E-state index contributed by atoms with van der Waals surface area (Å²) >= 11 is 16.2. The molecule has 5 aromatic rings. The summed E-state index contributed by atoms with van der Waals surface area (Å²) in [5, 5.41) is 81.3. The van der Waals surface area contributed by atoms with Crippen molar-refractivity contribution < 1.29 is 10.2 Å². The van der Waals surface area contributed by atoms with Gasteiger partial charge in [-0.1, -0.05) is 31.9 Å². The average Bonchev–Trinajstić information content (AvgIpc) is 3.90. The van der Waals surface area contributed by atoms with Gasteiger partial charge >= 0.3 is 0 Å². The lowest BCUT2D eigenvalue weighted by molar-refractivity contribution is 0.275. The van der Waals surface area contributed by atoms with Gasteiger partial charge in [0.05, 0.1) is 49.4 Å². The standard InChI is InChI=1S/C6H5Br2N3.C6H6BrN3O.2C6H6BrN3.C6H7N3O/c1-11-5(3-9)6(8)4(2-7)10-11;1-10-5(2-8)6(7)4(3-11)9-10;1-10-6(4-8)2-5(3-7)9-10;1-4-6(7)5(3-8)10(2)9-4;1-9-6(3-7)2-5(4-10)8-9/h2H2,1H3;11H,3H2,1H3;2H,3H2,1H3;1-2H3;2,10H,4H2,1H3. The van der Waals surface area contributed by atoms with Crippen LogP contribution in [0.5, 0.6) is 0 Å². The average molecular weight is 1030 g/mol. The lowest BCUT2D eigenvalue weighted by atomic mass is 10.4. The molecule has 0 saturated carbocycles. The van der Waals surface area contributed by atoms with Crippen LogP contribution < -0.4 is 0 Å². The van der Waals surface area contributed by atoms with Crippen molar-refractivity contribution >= 4 is 79.6 Å². The molecule has 0 aliphatic heterocycles. The van der Waals surface area contributed by atoms with Gasteiger partial charge in [0.15, 0.2) is 17.1 Å². The van der Waals surface area contributed by atoms with Crippen LogP contribution in [0.1, 0.15) is 56.9 Å². The zero-order valence-electron chi connectivity index (χ0n) is 28.5. The molecule has 0 bridgehead atoms. The van der Waals surface area contributed by atoms with Crippen molar-refractivity contribution in [3.8, 4) is 30.3 Å². The highest BCUT2D eigenvalue weighted by molar-refractivity contribution is 9.11. The van der Waals surface area contributed by atoms with Gasteiger partial charge in [-0.05, 0) is 66.8 Å². The van der Waals surface area contributed by atoms with E-state index in [0.29, 0.717) is 55.0 Å². The highest BCUT2D eigenvalue weighted by Gasteiger charge is 2.12. The third-order valence-corrected chi connectivity index (χ3v) is 9.96. The Morgan fingerprint density at radius 1 is 0.538 bits per heavy atom. The molecule has 0 aliphatic rings. The fourth-order valence-electron chi connectivity index (χ4n) is 3.70. The van der Waals surface area contributed by atoms with Crippen LogP contribution in [-0.4, -0.2) is 59.1 Å². The van der Waals surface area contributed by atoms with E-state index < -0.39 is 0 Å². The molecular formula is C30H30Br5N15O2. The molecule has 2 N–H and O–H groups in total. The molecular weight excluding hydrogens is 1000 g/mol. The van der Waals surface area contributed by atoms with Gasteiger partial charge in [0, 0.05) is 45.9 Å². The van der Waals surface area contributed by atoms with Gasteiger partial charge < -0.3 is 10.2 Å². The van der Waals surface area contributed by atoms with E-state index in [2.05, 4.69) is 111 Å². The van der Waals surface area contributed by atoms with Gasteiger partial charge in [-0.3, -0.25) is 23.4 Å². The smallest absolute Gasteiger partial charge is 0.152 e. The molecule has 0 aromatic carbocycles. The van der Waals surface area contributed by atoms with E-state index >= 15 is 0 Å². The van der Waals surface area contributed by atoms with Crippen molar-refractivity contribution in [1.29, 1.82) is 26.3 Å². The Morgan fingerprint density at radius 3 is 1.17 bits per heavy atom. The number of aromatic nitrogens is 10. The number of hydrogen-bond acceptors (Lipinski definition) is 12. The highest BCUT2D eigenvalue weighted by Crippen LogP contribution is 2.22. The second kappa shape index (κ2) is 22.7. The van der Waals surface area contributed by atoms with E-state index in [1.165, 1.54) is 9.36 Å². The molecule has 52 heavy (non-hydrogen) atoms. The van der Waals surface area contributed by atoms with Crippen molar-refractivity contribution in [2.24, 2.45) is 35.2 Å². The molecule has 0 spiro atoms. The Labute approximate surface area is 341 Å². The quantitative estimate of drug-likeness (QED) is 0.230. The number of nitriles is 5. The highest BCUT2D eigenvalue weighted by atomic mass is 79.9. The lowest BCUT2D eigenvalue weighted by Gasteiger charge is -1.86. The molecule has 0 amide bonds. The summed E-state index contributed by atoms with van der Waals surface area (Å²) in [5.74, 6) is 0. The van der Waals surface area contributed by atoms with Crippen LogP contribution in [0.4, 0.5) is 0 Å². The number of aryl methyl sites for hydroxylation is 6. The number of rotatable bonds is 4. The van der Waals surface area contributed by atoms with Crippen LogP contribution >= 0.6 is 79.6 Å². The molecule has 0 saturated heterocycles. The van der Waals surface area contributed by atoms with E-state index in [1.807, 2.05) is 31.2 Å². The molecule has 5 heterocycles. The zero-order valence-corrected chi connectivity index (χ0v) is 36.4. The van der Waals surface area contributed by atoms with E-state index in [4.69, 9.17) is 36.5 Å². The van der Waals surface area contributed by atoms with Crippen molar-refractivity contribution in [3.05, 3.63) is 82.5 Å². The Hall–Kier alpha value is -4.18. The Kier molecular flexibility index (Phi) is 20.0.